The highest BCUT2D eigenvalue weighted by molar-refractivity contribution is 6.44. The second-order valence-electron chi connectivity index (χ2n) is 5.82. The number of ketones is 1. The zero-order valence-electron chi connectivity index (χ0n) is 14.7. The molecule has 25 heavy (non-hydrogen) atoms. The first kappa shape index (κ1) is 18.6. The summed E-state index contributed by atoms with van der Waals surface area (Å²) in [5.74, 6) is -1.36. The van der Waals surface area contributed by atoms with E-state index in [0.717, 1.165) is 11.1 Å². The highest BCUT2D eigenvalue weighted by Gasteiger charge is 2.29. The van der Waals surface area contributed by atoms with Crippen molar-refractivity contribution in [2.45, 2.75) is 26.7 Å². The Balaban J connectivity index is 2.56. The molecule has 132 valence electrons. The van der Waals surface area contributed by atoms with Crippen molar-refractivity contribution >= 4 is 17.5 Å². The molecule has 0 aromatic heterocycles. The maximum absolute atomic E-state index is 13.1. The van der Waals surface area contributed by atoms with Crippen LogP contribution in [0.3, 0.4) is 0 Å². The van der Waals surface area contributed by atoms with E-state index in [1.54, 1.807) is 0 Å². The molecule has 0 aliphatic heterocycles. The van der Waals surface area contributed by atoms with Crippen molar-refractivity contribution in [1.29, 1.82) is 0 Å². The molecule has 0 saturated heterocycles. The number of hydrogen-bond acceptors (Lipinski definition) is 5. The van der Waals surface area contributed by atoms with Gasteiger partial charge in [-0.15, -0.1) is 0 Å². The standard InChI is InChI=1S/C19H20FNO4/c1-11-9-15(17(21-25-4)19(23)24-3)16(10-12(11)2)18(22)13-5-7-14(20)8-6-13/h5-8H,9-10H2,1-4H3. The number of nitrogens with zero attached hydrogens (tertiary/aromatic N) is 1. The second-order valence-corrected chi connectivity index (χ2v) is 5.82. The predicted octanol–water partition coefficient (Wildman–Crippen LogP) is 3.61. The maximum Gasteiger partial charge on any atom is 0.360 e. The summed E-state index contributed by atoms with van der Waals surface area (Å²) in [5, 5.41) is 3.77. The molecule has 0 atom stereocenters. The number of rotatable bonds is 5. The van der Waals surface area contributed by atoms with E-state index in [2.05, 4.69) is 5.16 Å². The largest absolute Gasteiger partial charge is 0.464 e. The maximum atomic E-state index is 13.1. The number of Topliss-reactive ketones (excluding diaryl/α,β-unsaturated/α-hetero) is 1. The zero-order valence-corrected chi connectivity index (χ0v) is 14.7. The second kappa shape index (κ2) is 7.88. The quantitative estimate of drug-likeness (QED) is 0.269. The lowest BCUT2D eigenvalue weighted by Gasteiger charge is -2.22. The van der Waals surface area contributed by atoms with Crippen LogP contribution in [-0.2, 0) is 14.4 Å². The Kier molecular flexibility index (Phi) is 5.85. The SMILES string of the molecule is CON=C(C(=O)OC)C1=C(C(=O)c2ccc(F)cc2)CC(C)=C(C)C1. The Morgan fingerprint density at radius 2 is 1.56 bits per heavy atom. The van der Waals surface area contributed by atoms with Gasteiger partial charge in [0.05, 0.1) is 7.11 Å². The average Bonchev–Trinajstić information content (AvgIpc) is 2.61. The molecule has 0 N–H and O–H groups in total. The summed E-state index contributed by atoms with van der Waals surface area (Å²) in [6.07, 6.45) is 0.780. The molecule has 1 aliphatic carbocycles. The average molecular weight is 345 g/mol. The number of carbonyl (C=O) groups is 2. The van der Waals surface area contributed by atoms with Crippen LogP contribution < -0.4 is 0 Å². The van der Waals surface area contributed by atoms with E-state index < -0.39 is 11.8 Å². The van der Waals surface area contributed by atoms with Gasteiger partial charge in [0.25, 0.3) is 0 Å². The first-order valence-electron chi connectivity index (χ1n) is 7.76. The van der Waals surface area contributed by atoms with E-state index in [-0.39, 0.29) is 11.5 Å². The molecule has 0 bridgehead atoms. The molecule has 0 heterocycles. The van der Waals surface area contributed by atoms with E-state index in [1.807, 2.05) is 13.8 Å². The van der Waals surface area contributed by atoms with Crippen LogP contribution in [0.5, 0.6) is 0 Å². The Morgan fingerprint density at radius 1 is 1.00 bits per heavy atom. The molecule has 1 aliphatic rings. The fraction of sp³-hybridized carbons (Fsp3) is 0.316. The van der Waals surface area contributed by atoms with E-state index in [1.165, 1.54) is 38.5 Å². The van der Waals surface area contributed by atoms with Gasteiger partial charge in [0.2, 0.25) is 0 Å². The Morgan fingerprint density at radius 3 is 2.08 bits per heavy atom. The molecular formula is C19H20FNO4. The first-order valence-corrected chi connectivity index (χ1v) is 7.76. The minimum Gasteiger partial charge on any atom is -0.464 e. The third kappa shape index (κ3) is 4.02. The number of hydrogen-bond donors (Lipinski definition) is 0. The normalized spacial score (nSPS) is 15.3. The van der Waals surface area contributed by atoms with Gasteiger partial charge in [-0.2, -0.15) is 0 Å². The highest BCUT2D eigenvalue weighted by atomic mass is 19.1. The van der Waals surface area contributed by atoms with Gasteiger partial charge in [-0.3, -0.25) is 4.79 Å². The lowest BCUT2D eigenvalue weighted by Crippen LogP contribution is -2.24. The minimum absolute atomic E-state index is 0.0256. The van der Waals surface area contributed by atoms with Crippen LogP contribution in [0.15, 0.2) is 51.7 Å². The predicted molar refractivity (Wildman–Crippen MR) is 91.8 cm³/mol. The highest BCUT2D eigenvalue weighted by Crippen LogP contribution is 2.33. The Hall–Kier alpha value is -2.76. The zero-order chi connectivity index (χ0) is 18.6. The number of methoxy groups -OCH3 is 1. The van der Waals surface area contributed by atoms with Gasteiger partial charge in [0, 0.05) is 16.7 Å². The van der Waals surface area contributed by atoms with E-state index in [0.29, 0.717) is 29.6 Å². The summed E-state index contributed by atoms with van der Waals surface area (Å²) >= 11 is 0. The number of allylic oxidation sites excluding steroid dienone is 3. The number of halogens is 1. The van der Waals surface area contributed by atoms with Crippen molar-refractivity contribution in [3.8, 4) is 0 Å². The summed E-state index contributed by atoms with van der Waals surface area (Å²) in [5.41, 5.74) is 3.35. The molecule has 0 saturated carbocycles. The summed E-state index contributed by atoms with van der Waals surface area (Å²) < 4.78 is 17.9. The van der Waals surface area contributed by atoms with E-state index in [4.69, 9.17) is 9.57 Å². The van der Waals surface area contributed by atoms with Gasteiger partial charge in [-0.1, -0.05) is 16.3 Å². The molecule has 1 aromatic carbocycles. The van der Waals surface area contributed by atoms with Crippen LogP contribution in [0.2, 0.25) is 0 Å². The van der Waals surface area contributed by atoms with Crippen LogP contribution >= 0.6 is 0 Å². The van der Waals surface area contributed by atoms with Gasteiger partial charge >= 0.3 is 5.97 Å². The summed E-state index contributed by atoms with van der Waals surface area (Å²) in [4.78, 5) is 29.8. The first-order chi connectivity index (χ1) is 11.9. The van der Waals surface area contributed by atoms with Crippen LogP contribution in [-0.4, -0.2) is 31.7 Å². The molecule has 1 aromatic rings. The third-order valence-corrected chi connectivity index (χ3v) is 4.20. The minimum atomic E-state index is -0.673. The van der Waals surface area contributed by atoms with Crippen LogP contribution in [0, 0.1) is 5.82 Å². The molecule has 0 unspecified atom stereocenters. The van der Waals surface area contributed by atoms with Gasteiger partial charge in [-0.05, 0) is 51.0 Å². The van der Waals surface area contributed by atoms with Gasteiger partial charge < -0.3 is 9.57 Å². The summed E-state index contributed by atoms with van der Waals surface area (Å²) in [6.45, 7) is 3.88. The Bertz CT molecular complexity index is 788. The fourth-order valence-corrected chi connectivity index (χ4v) is 2.67. The van der Waals surface area contributed by atoms with Crippen molar-refractivity contribution in [3.05, 3.63) is 57.9 Å². The van der Waals surface area contributed by atoms with Crippen molar-refractivity contribution in [2.75, 3.05) is 14.2 Å². The molecule has 6 heteroatoms. The summed E-state index contributed by atoms with van der Waals surface area (Å²) in [6, 6.07) is 5.31. The molecule has 5 nitrogen and oxygen atoms in total. The third-order valence-electron chi connectivity index (χ3n) is 4.20. The number of ether oxygens (including phenoxy) is 1. The fourth-order valence-electron chi connectivity index (χ4n) is 2.67. The van der Waals surface area contributed by atoms with E-state index in [9.17, 15) is 14.0 Å². The monoisotopic (exact) mass is 345 g/mol. The van der Waals surface area contributed by atoms with Crippen LogP contribution in [0.4, 0.5) is 4.39 Å². The summed E-state index contributed by atoms with van der Waals surface area (Å²) in [7, 11) is 2.56. The molecule has 2 rings (SSSR count). The topological polar surface area (TPSA) is 65.0 Å². The molecular weight excluding hydrogens is 325 g/mol. The lowest BCUT2D eigenvalue weighted by atomic mass is 9.82. The molecule has 0 amide bonds. The van der Waals surface area contributed by atoms with Gasteiger partial charge in [0.15, 0.2) is 11.5 Å². The van der Waals surface area contributed by atoms with E-state index >= 15 is 0 Å². The Labute approximate surface area is 145 Å². The van der Waals surface area contributed by atoms with Crippen molar-refractivity contribution in [3.63, 3.8) is 0 Å². The molecule has 0 radical (unpaired) electrons. The number of esters is 1. The molecule has 0 spiro atoms. The van der Waals surface area contributed by atoms with Crippen LogP contribution in [0.1, 0.15) is 37.0 Å². The smallest absolute Gasteiger partial charge is 0.360 e. The van der Waals surface area contributed by atoms with Crippen LogP contribution in [0.25, 0.3) is 0 Å². The van der Waals surface area contributed by atoms with Crippen molar-refractivity contribution in [2.24, 2.45) is 5.16 Å². The number of carbonyl (C=O) groups excluding carboxylic acids is 2. The molecule has 0 fully saturated rings. The van der Waals surface area contributed by atoms with Gasteiger partial charge in [0.1, 0.15) is 12.9 Å². The number of benzene rings is 1. The van der Waals surface area contributed by atoms with Crippen molar-refractivity contribution in [1.82, 2.24) is 0 Å². The number of oxime groups is 1. The van der Waals surface area contributed by atoms with Crippen molar-refractivity contribution < 1.29 is 23.6 Å². The van der Waals surface area contributed by atoms with Gasteiger partial charge in [-0.25, -0.2) is 9.18 Å². The lowest BCUT2D eigenvalue weighted by molar-refractivity contribution is -0.132.